The maximum absolute atomic E-state index is 12.7. The van der Waals surface area contributed by atoms with Crippen molar-refractivity contribution >= 4 is 50.7 Å². The first-order valence-corrected chi connectivity index (χ1v) is 10.5. The van der Waals surface area contributed by atoms with E-state index in [-0.39, 0.29) is 5.91 Å². The molecule has 0 aliphatic carbocycles. The second-order valence-corrected chi connectivity index (χ2v) is 8.41. The Balaban J connectivity index is 1.71. The van der Waals surface area contributed by atoms with Crippen molar-refractivity contribution in [3.63, 3.8) is 0 Å². The third kappa shape index (κ3) is 5.32. The zero-order valence-electron chi connectivity index (χ0n) is 16.2. The molecule has 8 heteroatoms. The molecule has 152 valence electrons. The number of rotatable bonds is 6. The van der Waals surface area contributed by atoms with E-state index in [4.69, 9.17) is 27.9 Å². The second-order valence-electron chi connectivity index (χ2n) is 6.65. The Hall–Kier alpha value is -2.02. The number of amides is 1. The van der Waals surface area contributed by atoms with Crippen LogP contribution < -0.4 is 10.1 Å². The van der Waals surface area contributed by atoms with E-state index in [1.807, 2.05) is 42.8 Å². The molecule has 3 rings (SSSR count). The lowest BCUT2D eigenvalue weighted by molar-refractivity contribution is -0.122. The molecule has 0 saturated heterocycles. The summed E-state index contributed by atoms with van der Waals surface area (Å²) >= 11 is 15.5. The van der Waals surface area contributed by atoms with Crippen molar-refractivity contribution in [2.75, 3.05) is 5.32 Å². The number of aromatic nitrogens is 2. The molecular formula is C21H20BrCl2N3O2. The number of benzene rings is 2. The van der Waals surface area contributed by atoms with Crippen LogP contribution in [0.2, 0.25) is 10.0 Å². The van der Waals surface area contributed by atoms with Gasteiger partial charge in [0.25, 0.3) is 5.91 Å². The van der Waals surface area contributed by atoms with Gasteiger partial charge in [-0.05, 0) is 56.7 Å². The van der Waals surface area contributed by atoms with Crippen molar-refractivity contribution in [3.05, 3.63) is 73.9 Å². The lowest BCUT2D eigenvalue weighted by atomic mass is 10.2. The first kappa shape index (κ1) is 21.7. The summed E-state index contributed by atoms with van der Waals surface area (Å²) in [5.74, 6) is 0.114. The molecule has 1 N–H and O–H groups in total. The summed E-state index contributed by atoms with van der Waals surface area (Å²) in [5.41, 5.74) is 3.41. The highest BCUT2D eigenvalue weighted by molar-refractivity contribution is 9.10. The van der Waals surface area contributed by atoms with Crippen molar-refractivity contribution < 1.29 is 9.53 Å². The average Bonchev–Trinajstić information content (AvgIpc) is 2.93. The Kier molecular flexibility index (Phi) is 6.88. The molecular weight excluding hydrogens is 477 g/mol. The van der Waals surface area contributed by atoms with Crippen molar-refractivity contribution in [1.82, 2.24) is 9.78 Å². The first-order valence-electron chi connectivity index (χ1n) is 8.95. The average molecular weight is 497 g/mol. The van der Waals surface area contributed by atoms with Gasteiger partial charge in [0, 0.05) is 9.50 Å². The molecule has 0 bridgehead atoms. The number of aryl methyl sites for hydroxylation is 1. The molecule has 1 atom stereocenters. The van der Waals surface area contributed by atoms with Gasteiger partial charge in [-0.2, -0.15) is 5.10 Å². The zero-order chi connectivity index (χ0) is 21.1. The Labute approximate surface area is 188 Å². The summed E-state index contributed by atoms with van der Waals surface area (Å²) in [6.07, 6.45) is -0.748. The van der Waals surface area contributed by atoms with E-state index in [2.05, 4.69) is 26.3 Å². The number of hydrogen-bond donors (Lipinski definition) is 1. The fraction of sp³-hybridized carbons (Fsp3) is 0.238. The van der Waals surface area contributed by atoms with Gasteiger partial charge in [0.05, 0.1) is 28.6 Å². The van der Waals surface area contributed by atoms with E-state index in [1.54, 1.807) is 25.1 Å². The fourth-order valence-electron chi connectivity index (χ4n) is 2.83. The van der Waals surface area contributed by atoms with Gasteiger partial charge in [0.1, 0.15) is 5.75 Å². The van der Waals surface area contributed by atoms with E-state index < -0.39 is 6.10 Å². The molecule has 3 aromatic rings. The predicted molar refractivity (Wildman–Crippen MR) is 120 cm³/mol. The molecule has 29 heavy (non-hydrogen) atoms. The highest BCUT2D eigenvalue weighted by Gasteiger charge is 2.20. The molecule has 1 amide bonds. The standard InChI is InChI=1S/C21H20BrCl2N3O2/c1-12-20(13(2)27(26-12)11-15-4-6-16(22)7-5-15)25-21(28)14(3)29-19-9-8-17(23)10-18(19)24/h4-10,14H,11H2,1-3H3,(H,25,28). The highest BCUT2D eigenvalue weighted by atomic mass is 79.9. The predicted octanol–water partition coefficient (Wildman–Crippen LogP) is 6.02. The molecule has 0 saturated carbocycles. The normalized spacial score (nSPS) is 11.9. The maximum Gasteiger partial charge on any atom is 0.265 e. The van der Waals surface area contributed by atoms with Gasteiger partial charge >= 0.3 is 0 Å². The molecule has 0 spiro atoms. The number of ether oxygens (including phenoxy) is 1. The van der Waals surface area contributed by atoms with Crippen LogP contribution in [0.1, 0.15) is 23.9 Å². The Morgan fingerprint density at radius 1 is 1.21 bits per heavy atom. The third-order valence-electron chi connectivity index (χ3n) is 4.44. The van der Waals surface area contributed by atoms with E-state index in [1.165, 1.54) is 0 Å². The molecule has 1 aromatic heterocycles. The van der Waals surface area contributed by atoms with E-state index in [0.29, 0.717) is 28.0 Å². The number of carbonyl (C=O) groups excluding carboxylic acids is 1. The maximum atomic E-state index is 12.7. The summed E-state index contributed by atoms with van der Waals surface area (Å²) in [6, 6.07) is 12.9. The van der Waals surface area contributed by atoms with Gasteiger partial charge in [-0.1, -0.05) is 51.3 Å². The van der Waals surface area contributed by atoms with Gasteiger partial charge in [-0.25, -0.2) is 0 Å². The first-order chi connectivity index (χ1) is 13.7. The van der Waals surface area contributed by atoms with Gasteiger partial charge < -0.3 is 10.1 Å². The van der Waals surface area contributed by atoms with Crippen LogP contribution in [0.4, 0.5) is 5.69 Å². The van der Waals surface area contributed by atoms with Crippen LogP contribution >= 0.6 is 39.1 Å². The van der Waals surface area contributed by atoms with Crippen LogP contribution in [0, 0.1) is 13.8 Å². The Bertz CT molecular complexity index is 1040. The van der Waals surface area contributed by atoms with Crippen LogP contribution in [-0.4, -0.2) is 21.8 Å². The molecule has 5 nitrogen and oxygen atoms in total. The summed E-state index contributed by atoms with van der Waals surface area (Å²) in [6.45, 7) is 6.07. The molecule has 0 radical (unpaired) electrons. The highest BCUT2D eigenvalue weighted by Crippen LogP contribution is 2.29. The van der Waals surface area contributed by atoms with Gasteiger partial charge in [-0.15, -0.1) is 0 Å². The van der Waals surface area contributed by atoms with Crippen LogP contribution in [0.3, 0.4) is 0 Å². The van der Waals surface area contributed by atoms with Gasteiger partial charge in [0.2, 0.25) is 0 Å². The Morgan fingerprint density at radius 3 is 2.55 bits per heavy atom. The van der Waals surface area contributed by atoms with Crippen molar-refractivity contribution in [2.24, 2.45) is 0 Å². The second kappa shape index (κ2) is 9.20. The summed E-state index contributed by atoms with van der Waals surface area (Å²) in [5, 5.41) is 8.34. The SMILES string of the molecule is Cc1nn(Cc2ccc(Br)cc2)c(C)c1NC(=O)C(C)Oc1ccc(Cl)cc1Cl. The molecule has 0 fully saturated rings. The minimum absolute atomic E-state index is 0.287. The van der Waals surface area contributed by atoms with Crippen LogP contribution in [0.15, 0.2) is 46.9 Å². The monoisotopic (exact) mass is 495 g/mol. The number of halogens is 3. The van der Waals surface area contributed by atoms with Crippen molar-refractivity contribution in [3.8, 4) is 5.75 Å². The van der Waals surface area contributed by atoms with Crippen LogP contribution in [0.5, 0.6) is 5.75 Å². The smallest absolute Gasteiger partial charge is 0.265 e. The lowest BCUT2D eigenvalue weighted by Gasteiger charge is -2.16. The molecule has 2 aromatic carbocycles. The largest absolute Gasteiger partial charge is 0.479 e. The zero-order valence-corrected chi connectivity index (χ0v) is 19.3. The lowest BCUT2D eigenvalue weighted by Crippen LogP contribution is -2.30. The van der Waals surface area contributed by atoms with Gasteiger partial charge in [-0.3, -0.25) is 9.48 Å². The summed E-state index contributed by atoms with van der Waals surface area (Å²) in [4.78, 5) is 12.7. The number of carbonyl (C=O) groups is 1. The van der Waals surface area contributed by atoms with Crippen LogP contribution in [0.25, 0.3) is 0 Å². The van der Waals surface area contributed by atoms with E-state index in [9.17, 15) is 4.79 Å². The topological polar surface area (TPSA) is 56.2 Å². The quantitative estimate of drug-likeness (QED) is 0.453. The van der Waals surface area contributed by atoms with Crippen molar-refractivity contribution in [2.45, 2.75) is 33.4 Å². The van der Waals surface area contributed by atoms with Crippen LogP contribution in [-0.2, 0) is 11.3 Å². The number of anilines is 1. The molecule has 0 aliphatic heterocycles. The molecule has 1 heterocycles. The summed E-state index contributed by atoms with van der Waals surface area (Å²) < 4.78 is 8.59. The fourth-order valence-corrected chi connectivity index (χ4v) is 3.55. The number of hydrogen-bond acceptors (Lipinski definition) is 3. The third-order valence-corrected chi connectivity index (χ3v) is 5.50. The minimum atomic E-state index is -0.748. The van der Waals surface area contributed by atoms with Gasteiger partial charge in [0.15, 0.2) is 6.10 Å². The van der Waals surface area contributed by atoms with Crippen molar-refractivity contribution in [1.29, 1.82) is 0 Å². The number of nitrogens with one attached hydrogen (secondary N) is 1. The van der Waals surface area contributed by atoms with E-state index >= 15 is 0 Å². The number of nitrogens with zero attached hydrogens (tertiary/aromatic N) is 2. The Morgan fingerprint density at radius 2 is 1.90 bits per heavy atom. The minimum Gasteiger partial charge on any atom is -0.479 e. The molecule has 0 aliphatic rings. The molecule has 1 unspecified atom stereocenters. The van der Waals surface area contributed by atoms with E-state index in [0.717, 1.165) is 21.4 Å². The summed E-state index contributed by atoms with van der Waals surface area (Å²) in [7, 11) is 0.